The van der Waals surface area contributed by atoms with Gasteiger partial charge in [0, 0.05) is 22.9 Å². The van der Waals surface area contributed by atoms with E-state index in [-0.39, 0.29) is 11.5 Å². The summed E-state index contributed by atoms with van der Waals surface area (Å²) in [4.78, 5) is 2.52. The number of benzene rings is 1. The molecule has 4 nitrogen and oxygen atoms in total. The number of likely N-dealkylation sites (N-methyl/N-ethyl adjacent to an activating group) is 1. The second-order valence-electron chi connectivity index (χ2n) is 12.6. The lowest BCUT2D eigenvalue weighted by atomic mass is 9.51. The largest absolute Gasteiger partial charge is 0.504 e. The number of nitrogens with zero attached hydrogens (tertiary/aromatic N) is 1. The van der Waals surface area contributed by atoms with Crippen LogP contribution in [0.1, 0.15) is 113 Å². The molecule has 2 aliphatic carbocycles. The Kier molecular flexibility index (Phi) is 7.49. The molecule has 0 saturated carbocycles. The topological polar surface area (TPSA) is 52.9 Å². The first-order valence-corrected chi connectivity index (χ1v) is 15.0. The zero-order valence-corrected chi connectivity index (χ0v) is 23.2. The van der Waals surface area contributed by atoms with Gasteiger partial charge >= 0.3 is 0 Å². The lowest BCUT2D eigenvalue weighted by Gasteiger charge is -2.58. The van der Waals surface area contributed by atoms with Gasteiger partial charge in [0.15, 0.2) is 11.5 Å². The van der Waals surface area contributed by atoms with Crippen LogP contribution in [0.5, 0.6) is 11.5 Å². The molecule has 0 aromatic heterocycles. The first-order chi connectivity index (χ1) is 17.3. The molecule has 0 radical (unpaired) electrons. The highest BCUT2D eigenvalue weighted by Crippen LogP contribution is 2.65. The normalized spacial score (nSPS) is 32.0. The maximum Gasteiger partial charge on any atom is 0.166 e. The van der Waals surface area contributed by atoms with Crippen LogP contribution in [0.4, 0.5) is 0 Å². The molecule has 0 amide bonds. The molecule has 2 bridgehead atoms. The van der Waals surface area contributed by atoms with E-state index < -0.39 is 5.60 Å². The van der Waals surface area contributed by atoms with Crippen molar-refractivity contribution in [3.05, 3.63) is 34.4 Å². The van der Waals surface area contributed by atoms with E-state index in [1.165, 1.54) is 87.3 Å². The number of piperidine rings is 1. The Morgan fingerprint density at radius 1 is 1.03 bits per heavy atom. The number of likely N-dealkylation sites (tertiary alicyclic amines) is 1. The Labute approximate surface area is 219 Å². The van der Waals surface area contributed by atoms with Gasteiger partial charge in [0.2, 0.25) is 0 Å². The second kappa shape index (κ2) is 10.3. The highest BCUT2D eigenvalue weighted by Gasteiger charge is 2.67. The second-order valence-corrected chi connectivity index (χ2v) is 12.6. The summed E-state index contributed by atoms with van der Waals surface area (Å²) in [7, 11) is 2.26. The molecule has 2 heterocycles. The third-order valence-corrected chi connectivity index (χ3v) is 10.2. The van der Waals surface area contributed by atoms with Gasteiger partial charge in [0.25, 0.3) is 0 Å². The Hall–Kier alpha value is -1.52. The summed E-state index contributed by atoms with van der Waals surface area (Å²) in [5.41, 5.74) is 3.77. The molecule has 4 aliphatic rings. The van der Waals surface area contributed by atoms with E-state index in [9.17, 15) is 10.2 Å². The van der Waals surface area contributed by atoms with Crippen molar-refractivity contribution in [2.24, 2.45) is 5.92 Å². The van der Waals surface area contributed by atoms with Crippen LogP contribution in [0.15, 0.2) is 12.2 Å². The molecule has 5 atom stereocenters. The summed E-state index contributed by atoms with van der Waals surface area (Å²) < 4.78 is 6.54. The van der Waals surface area contributed by atoms with Crippen molar-refractivity contribution in [2.75, 3.05) is 13.6 Å². The Morgan fingerprint density at radius 2 is 1.67 bits per heavy atom. The number of rotatable bonds is 12. The summed E-state index contributed by atoms with van der Waals surface area (Å²) in [5, 5.41) is 22.7. The highest BCUT2D eigenvalue weighted by atomic mass is 16.5. The Balaban J connectivity index is 1.30. The van der Waals surface area contributed by atoms with E-state index in [2.05, 4.69) is 31.9 Å². The highest BCUT2D eigenvalue weighted by molar-refractivity contribution is 5.67. The predicted octanol–water partition coefficient (Wildman–Crippen LogP) is 6.75. The lowest BCUT2D eigenvalue weighted by Crippen LogP contribution is -2.67. The minimum Gasteiger partial charge on any atom is -0.504 e. The van der Waals surface area contributed by atoms with Crippen molar-refractivity contribution in [1.29, 1.82) is 0 Å². The molecule has 5 rings (SSSR count). The minimum atomic E-state index is -1.03. The van der Waals surface area contributed by atoms with Crippen molar-refractivity contribution in [2.45, 2.75) is 134 Å². The van der Waals surface area contributed by atoms with Gasteiger partial charge in [-0.25, -0.2) is 0 Å². The first-order valence-electron chi connectivity index (χ1n) is 15.0. The van der Waals surface area contributed by atoms with Crippen molar-refractivity contribution >= 4 is 0 Å². The van der Waals surface area contributed by atoms with E-state index in [0.29, 0.717) is 23.5 Å². The summed E-state index contributed by atoms with van der Waals surface area (Å²) in [6, 6.07) is 0.427. The van der Waals surface area contributed by atoms with E-state index in [1.54, 1.807) is 0 Å². The molecule has 4 heteroatoms. The van der Waals surface area contributed by atoms with Crippen molar-refractivity contribution < 1.29 is 14.9 Å². The molecular weight excluding hydrogens is 446 g/mol. The van der Waals surface area contributed by atoms with Gasteiger partial charge in [0.1, 0.15) is 11.7 Å². The molecule has 2 N–H and O–H groups in total. The van der Waals surface area contributed by atoms with Crippen LogP contribution in [0.2, 0.25) is 0 Å². The van der Waals surface area contributed by atoms with Gasteiger partial charge in [-0.15, -0.1) is 0 Å². The zero-order valence-electron chi connectivity index (χ0n) is 23.2. The van der Waals surface area contributed by atoms with Gasteiger partial charge in [-0.3, -0.25) is 0 Å². The molecule has 2 aliphatic heterocycles. The number of ether oxygens (including phenoxy) is 1. The van der Waals surface area contributed by atoms with Gasteiger partial charge in [-0.1, -0.05) is 83.3 Å². The molecule has 1 aromatic carbocycles. The average molecular weight is 496 g/mol. The van der Waals surface area contributed by atoms with Gasteiger partial charge in [0.05, 0.1) is 0 Å². The van der Waals surface area contributed by atoms with Crippen LogP contribution in [0.3, 0.4) is 0 Å². The fourth-order valence-electron chi connectivity index (χ4n) is 8.16. The molecular formula is C32H49NO3. The zero-order chi connectivity index (χ0) is 25.5. The fourth-order valence-corrected chi connectivity index (χ4v) is 8.16. The standard InChI is InChI=1S/C32H49NO3/c1-5-6-7-8-9-10-11-12-13-14-15-16-23-22(2)28(34)29-27-24(23)21-26-25-17-18-31(3,35)30(36-29)32(25,27)19-20-33(26)4/h17-18,25-26,30,34-35H,5-16,19-21H2,1-4H3/t25-,26+,30-,31-,32-/m0/s1. The Bertz CT molecular complexity index is 982. The van der Waals surface area contributed by atoms with Crippen LogP contribution in [-0.2, 0) is 18.3 Å². The van der Waals surface area contributed by atoms with E-state index in [4.69, 9.17) is 4.74 Å². The molecule has 200 valence electrons. The van der Waals surface area contributed by atoms with Gasteiger partial charge in [-0.05, 0) is 69.8 Å². The van der Waals surface area contributed by atoms with Crippen molar-refractivity contribution in [3.8, 4) is 11.5 Å². The molecule has 36 heavy (non-hydrogen) atoms. The Morgan fingerprint density at radius 3 is 2.33 bits per heavy atom. The van der Waals surface area contributed by atoms with Crippen LogP contribution >= 0.6 is 0 Å². The SMILES string of the molecule is CCCCCCCCCCCCCc1c(C)c(O)c2c3c1C[C@@H]1[C@@H]4C=C[C@](C)(O)[C@H](O2)[C@]34CCN1C. The third kappa shape index (κ3) is 4.21. The maximum atomic E-state index is 11.4. The summed E-state index contributed by atoms with van der Waals surface area (Å²) in [6.45, 7) is 7.24. The van der Waals surface area contributed by atoms with E-state index in [0.717, 1.165) is 31.4 Å². The number of phenolic OH excluding ortho intramolecular Hbond substituents is 1. The van der Waals surface area contributed by atoms with Gasteiger partial charge < -0.3 is 19.8 Å². The van der Waals surface area contributed by atoms with Crippen molar-refractivity contribution in [3.63, 3.8) is 0 Å². The third-order valence-electron chi connectivity index (χ3n) is 10.2. The summed E-state index contributed by atoms with van der Waals surface area (Å²) >= 11 is 0. The first kappa shape index (κ1) is 26.1. The smallest absolute Gasteiger partial charge is 0.166 e. The number of aromatic hydroxyl groups is 1. The minimum absolute atomic E-state index is 0.227. The maximum absolute atomic E-state index is 11.4. The molecule has 1 fully saturated rings. The molecule has 0 unspecified atom stereocenters. The predicted molar refractivity (Wildman–Crippen MR) is 147 cm³/mol. The van der Waals surface area contributed by atoms with E-state index >= 15 is 0 Å². The van der Waals surface area contributed by atoms with Crippen molar-refractivity contribution in [1.82, 2.24) is 4.90 Å². The van der Waals surface area contributed by atoms with Crippen LogP contribution in [-0.4, -0.2) is 46.5 Å². The molecule has 1 saturated heterocycles. The average Bonchev–Trinajstić information content (AvgIpc) is 3.21. The van der Waals surface area contributed by atoms with Crippen LogP contribution in [0.25, 0.3) is 0 Å². The van der Waals surface area contributed by atoms with Gasteiger partial charge in [-0.2, -0.15) is 0 Å². The number of hydrogen-bond acceptors (Lipinski definition) is 4. The lowest BCUT2D eigenvalue weighted by molar-refractivity contribution is -0.0892. The monoisotopic (exact) mass is 495 g/mol. The number of aliphatic hydroxyl groups is 1. The fraction of sp³-hybridized carbons (Fsp3) is 0.750. The summed E-state index contributed by atoms with van der Waals surface area (Å²) in [5.74, 6) is 1.32. The van der Waals surface area contributed by atoms with Crippen LogP contribution < -0.4 is 4.74 Å². The number of unbranched alkanes of at least 4 members (excludes halogenated alkanes) is 10. The number of phenols is 1. The van der Waals surface area contributed by atoms with E-state index in [1.807, 2.05) is 13.0 Å². The quantitative estimate of drug-likeness (QED) is 0.249. The molecule has 1 spiro atoms. The summed E-state index contributed by atoms with van der Waals surface area (Å²) in [6.07, 6.45) is 21.7. The number of hydrogen-bond donors (Lipinski definition) is 2. The molecule has 1 aromatic rings. The van der Waals surface area contributed by atoms with Crippen LogP contribution in [0, 0.1) is 12.8 Å².